The van der Waals surface area contributed by atoms with E-state index < -0.39 is 0 Å². The van der Waals surface area contributed by atoms with Crippen molar-refractivity contribution in [3.05, 3.63) is 77.4 Å². The SMILES string of the molecule is C=C1CCCc2ccccc21.CO.O=C1CCCc2ccccc2C1.[B]I.[HH]. The maximum absolute atomic E-state index is 11.2. The van der Waals surface area contributed by atoms with Gasteiger partial charge in [0.2, 0.25) is 0 Å². The summed E-state index contributed by atoms with van der Waals surface area (Å²) < 4.78 is 0. The molecule has 2 nitrogen and oxygen atoms in total. The monoisotopic (exact) mass is 476 g/mol. The van der Waals surface area contributed by atoms with E-state index in [2.05, 4.69) is 54.7 Å². The van der Waals surface area contributed by atoms with Gasteiger partial charge in [0.25, 0.3) is 0 Å². The van der Waals surface area contributed by atoms with Crippen LogP contribution in [0.3, 0.4) is 0 Å². The number of carbonyl (C=O) groups is 1. The molecule has 2 radical (unpaired) electrons. The summed E-state index contributed by atoms with van der Waals surface area (Å²) in [6.45, 7) is 4.06. The Kier molecular flexibility index (Phi) is 12.0. The third-order valence-corrected chi connectivity index (χ3v) is 4.73. The van der Waals surface area contributed by atoms with E-state index in [1.54, 1.807) is 22.4 Å². The standard InChI is InChI=1S/C11H12O.C11H12.CH4O.BI.H2/c12-11-7-3-6-9-4-1-2-5-10(9)8-11;1-9-5-4-7-10-6-2-3-8-11(9)10;2*1-2;/h1-2,4-5H,3,6-8H2;2-3,6,8H,1,4-5,7H2;2H,1H3;;1H. The molecule has 1 N–H and O–H groups in total. The Bertz CT molecular complexity index is 734. The minimum atomic E-state index is 0. The number of carbonyl (C=O) groups excluding carboxylic acids is 1. The lowest BCUT2D eigenvalue weighted by molar-refractivity contribution is -0.118. The molecule has 4 heteroatoms. The van der Waals surface area contributed by atoms with Crippen LogP contribution >= 0.6 is 22.4 Å². The fourth-order valence-corrected chi connectivity index (χ4v) is 3.46. The molecule has 144 valence electrons. The number of allylic oxidation sites excluding steroid dienone is 1. The first-order valence-corrected chi connectivity index (χ1v) is 10.5. The van der Waals surface area contributed by atoms with Crippen LogP contribution in [0.5, 0.6) is 0 Å². The van der Waals surface area contributed by atoms with Gasteiger partial charge in [-0.25, -0.2) is 0 Å². The molecule has 0 bridgehead atoms. The number of rotatable bonds is 0. The van der Waals surface area contributed by atoms with Crippen LogP contribution in [0, 0.1) is 0 Å². The molecule has 2 aliphatic rings. The van der Waals surface area contributed by atoms with Gasteiger partial charge in [0.15, 0.2) is 5.70 Å². The van der Waals surface area contributed by atoms with Crippen LogP contribution < -0.4 is 0 Å². The number of benzene rings is 2. The van der Waals surface area contributed by atoms with Gasteiger partial charge in [0.1, 0.15) is 5.78 Å². The van der Waals surface area contributed by atoms with Gasteiger partial charge in [-0.2, -0.15) is 22.4 Å². The van der Waals surface area contributed by atoms with Crippen molar-refractivity contribution in [1.29, 1.82) is 0 Å². The van der Waals surface area contributed by atoms with Crippen molar-refractivity contribution in [2.24, 2.45) is 0 Å². The van der Waals surface area contributed by atoms with Crippen LogP contribution in [-0.2, 0) is 24.1 Å². The molecular weight excluding hydrogens is 446 g/mol. The molecule has 2 aliphatic carbocycles. The molecule has 4 rings (SSSR count). The third kappa shape index (κ3) is 7.63. The molecule has 27 heavy (non-hydrogen) atoms. The minimum absolute atomic E-state index is 0. The lowest BCUT2D eigenvalue weighted by Gasteiger charge is -2.16. The summed E-state index contributed by atoms with van der Waals surface area (Å²) in [6.07, 6.45) is 7.19. The molecule has 2 aromatic rings. The van der Waals surface area contributed by atoms with Crippen LogP contribution in [-0.4, -0.2) is 23.7 Å². The number of halogens is 1. The molecule has 0 unspecified atom stereocenters. The third-order valence-electron chi connectivity index (χ3n) is 4.73. The lowest BCUT2D eigenvalue weighted by Crippen LogP contribution is -1.99. The van der Waals surface area contributed by atoms with E-state index in [0.29, 0.717) is 12.2 Å². The van der Waals surface area contributed by atoms with E-state index in [1.165, 1.54) is 47.1 Å². The van der Waals surface area contributed by atoms with E-state index in [9.17, 15) is 4.79 Å². The molecule has 0 fully saturated rings. The molecule has 0 spiro atoms. The Labute approximate surface area is 179 Å². The van der Waals surface area contributed by atoms with Crippen molar-refractivity contribution in [3.8, 4) is 0 Å². The van der Waals surface area contributed by atoms with Crippen LogP contribution in [0.25, 0.3) is 5.57 Å². The number of Topliss-reactive ketones (excluding diaryl/α,β-unsaturated/α-hetero) is 1. The summed E-state index contributed by atoms with van der Waals surface area (Å²) in [6, 6.07) is 16.8. The van der Waals surface area contributed by atoms with E-state index >= 15 is 0 Å². The number of hydrogen-bond donors (Lipinski definition) is 1. The normalized spacial score (nSPS) is 14.5. The van der Waals surface area contributed by atoms with Crippen molar-refractivity contribution in [2.45, 2.75) is 44.9 Å². The van der Waals surface area contributed by atoms with Crippen molar-refractivity contribution in [2.75, 3.05) is 7.11 Å². The largest absolute Gasteiger partial charge is 0.400 e. The van der Waals surface area contributed by atoms with Gasteiger partial charge >= 0.3 is 0 Å². The van der Waals surface area contributed by atoms with Gasteiger partial charge in [-0.15, -0.1) is 0 Å². The maximum atomic E-state index is 11.2. The Balaban J connectivity index is 0.000000431. The molecule has 0 heterocycles. The molecule has 2 aromatic carbocycles. The zero-order valence-electron chi connectivity index (χ0n) is 16.1. The van der Waals surface area contributed by atoms with Gasteiger partial charge in [-0.3, -0.25) is 4.79 Å². The van der Waals surface area contributed by atoms with Crippen LogP contribution in [0.1, 0.15) is 49.4 Å². The summed E-state index contributed by atoms with van der Waals surface area (Å²) in [5.41, 5.74) is 11.2. The number of ketones is 1. The fourth-order valence-electron chi connectivity index (χ4n) is 3.46. The van der Waals surface area contributed by atoms with Gasteiger partial charge in [-0.05, 0) is 59.9 Å². The number of fused-ring (bicyclic) bond motifs is 2. The van der Waals surface area contributed by atoms with Gasteiger partial charge in [0, 0.05) is 21.4 Å². The van der Waals surface area contributed by atoms with Crippen molar-refractivity contribution < 1.29 is 11.3 Å². The first-order valence-electron chi connectivity index (χ1n) is 9.25. The summed E-state index contributed by atoms with van der Waals surface area (Å²) >= 11 is 1.65. The molecule has 0 amide bonds. The highest BCUT2D eigenvalue weighted by Crippen LogP contribution is 2.28. The summed E-state index contributed by atoms with van der Waals surface area (Å²) in [5.74, 6) is 0.389. The predicted molar refractivity (Wildman–Crippen MR) is 127 cm³/mol. The average Bonchev–Trinajstić information content (AvgIpc) is 2.92. The van der Waals surface area contributed by atoms with E-state index in [0.717, 1.165) is 26.4 Å². The molecular formula is C23H30BIO2. The Morgan fingerprint density at radius 2 is 1.37 bits per heavy atom. The molecule has 0 saturated heterocycles. The van der Waals surface area contributed by atoms with Crippen molar-refractivity contribution in [3.63, 3.8) is 0 Å². The second kappa shape index (κ2) is 13.7. The molecule has 0 saturated carbocycles. The maximum Gasteiger partial charge on any atom is 0.169 e. The molecule has 0 atom stereocenters. The van der Waals surface area contributed by atoms with Gasteiger partial charge < -0.3 is 5.11 Å². The van der Waals surface area contributed by atoms with E-state index in [1.807, 2.05) is 6.07 Å². The van der Waals surface area contributed by atoms with Crippen molar-refractivity contribution >= 4 is 39.4 Å². The topological polar surface area (TPSA) is 37.3 Å². The zero-order chi connectivity index (χ0) is 20.1. The zero-order valence-corrected chi connectivity index (χ0v) is 18.2. The summed E-state index contributed by atoms with van der Waals surface area (Å²) in [4.78, 5) is 11.2. The van der Waals surface area contributed by atoms with Crippen LogP contribution in [0.2, 0.25) is 0 Å². The summed E-state index contributed by atoms with van der Waals surface area (Å²) in [5, 5.41) is 7.00. The second-order valence-electron chi connectivity index (χ2n) is 6.45. The predicted octanol–water partition coefficient (Wildman–Crippen LogP) is 5.53. The average molecular weight is 476 g/mol. The quantitative estimate of drug-likeness (QED) is 0.309. The number of aliphatic hydroxyl groups is 1. The Morgan fingerprint density at radius 1 is 0.852 bits per heavy atom. The molecule has 0 aromatic heterocycles. The minimum Gasteiger partial charge on any atom is -0.400 e. The summed E-state index contributed by atoms with van der Waals surface area (Å²) in [7, 11) is 1.00. The van der Waals surface area contributed by atoms with E-state index in [4.69, 9.17) is 5.11 Å². The fraction of sp³-hybridized carbons (Fsp3) is 0.348. The van der Waals surface area contributed by atoms with Gasteiger partial charge in [-0.1, -0.05) is 55.1 Å². The van der Waals surface area contributed by atoms with Crippen LogP contribution in [0.4, 0.5) is 0 Å². The number of hydrogen-bond acceptors (Lipinski definition) is 2. The Morgan fingerprint density at radius 3 is 2.04 bits per heavy atom. The Hall–Kier alpha value is -1.40. The first-order chi connectivity index (χ1) is 13.2. The lowest BCUT2D eigenvalue weighted by atomic mass is 9.88. The first kappa shape index (κ1) is 23.6. The second-order valence-corrected chi connectivity index (χ2v) is 6.45. The number of aliphatic hydroxyl groups excluding tert-OH is 1. The van der Waals surface area contributed by atoms with Crippen molar-refractivity contribution in [1.82, 2.24) is 0 Å². The van der Waals surface area contributed by atoms with Crippen LogP contribution in [0.15, 0.2) is 55.1 Å². The highest BCUT2D eigenvalue weighted by molar-refractivity contribution is 14.1. The smallest absolute Gasteiger partial charge is 0.169 e. The van der Waals surface area contributed by atoms with Gasteiger partial charge in [0.05, 0.1) is 0 Å². The molecule has 0 aliphatic heterocycles. The van der Waals surface area contributed by atoms with E-state index in [-0.39, 0.29) is 1.43 Å². The number of aryl methyl sites for hydroxylation is 2. The highest BCUT2D eigenvalue weighted by Gasteiger charge is 2.12. The highest BCUT2D eigenvalue weighted by atomic mass is 127.